The molecule has 0 spiro atoms. The maximum absolute atomic E-state index is 5.47. The van der Waals surface area contributed by atoms with Crippen molar-refractivity contribution in [1.82, 2.24) is 19.8 Å². The second-order valence-electron chi connectivity index (χ2n) is 6.73. The summed E-state index contributed by atoms with van der Waals surface area (Å²) in [5.74, 6) is 0.367. The van der Waals surface area contributed by atoms with Gasteiger partial charge in [0.05, 0.1) is 18.0 Å². The quantitative estimate of drug-likeness (QED) is 0.889. The Hall–Kier alpha value is -1.69. The van der Waals surface area contributed by atoms with Gasteiger partial charge in [0.15, 0.2) is 0 Å². The van der Waals surface area contributed by atoms with Gasteiger partial charge in [-0.1, -0.05) is 26.7 Å². The van der Waals surface area contributed by atoms with Crippen LogP contribution in [-0.4, -0.2) is 40.1 Å². The lowest BCUT2D eigenvalue weighted by Gasteiger charge is -2.29. The van der Waals surface area contributed by atoms with E-state index in [9.17, 15) is 0 Å². The molecule has 2 aromatic rings. The van der Waals surface area contributed by atoms with Gasteiger partial charge in [0.2, 0.25) is 5.65 Å². The zero-order chi connectivity index (χ0) is 15.6. The van der Waals surface area contributed by atoms with Crippen LogP contribution in [0, 0.1) is 5.41 Å². The molecule has 0 saturated heterocycles. The van der Waals surface area contributed by atoms with Crippen LogP contribution in [0.15, 0.2) is 12.4 Å². The number of nitrogens with one attached hydrogen (secondary N) is 1. The maximum atomic E-state index is 5.47. The minimum absolute atomic E-state index is 0.243. The van der Waals surface area contributed by atoms with E-state index < -0.39 is 0 Å². The molecule has 2 heterocycles. The van der Waals surface area contributed by atoms with E-state index in [0.29, 0.717) is 5.92 Å². The van der Waals surface area contributed by atoms with E-state index in [2.05, 4.69) is 40.5 Å². The maximum Gasteiger partial charge on any atom is 0.200 e. The predicted molar refractivity (Wildman–Crippen MR) is 86.1 cm³/mol. The Labute approximate surface area is 131 Å². The van der Waals surface area contributed by atoms with Crippen molar-refractivity contribution in [3.8, 4) is 0 Å². The Kier molecular flexibility index (Phi) is 4.29. The van der Waals surface area contributed by atoms with E-state index in [1.807, 2.05) is 0 Å². The van der Waals surface area contributed by atoms with Crippen molar-refractivity contribution < 1.29 is 4.74 Å². The van der Waals surface area contributed by atoms with E-state index in [1.54, 1.807) is 18.0 Å². The van der Waals surface area contributed by atoms with Crippen LogP contribution in [0.2, 0.25) is 0 Å². The summed E-state index contributed by atoms with van der Waals surface area (Å²) in [5, 5.41) is 16.3. The molecule has 3 rings (SSSR count). The van der Waals surface area contributed by atoms with Gasteiger partial charge < -0.3 is 10.1 Å². The van der Waals surface area contributed by atoms with Gasteiger partial charge in [0, 0.05) is 19.1 Å². The third-order valence-electron chi connectivity index (χ3n) is 4.65. The van der Waals surface area contributed by atoms with E-state index in [1.165, 1.54) is 25.7 Å². The van der Waals surface area contributed by atoms with Gasteiger partial charge in [-0.3, -0.25) is 0 Å². The molecular formula is C16H25N5O. The Bertz CT molecular complexity index is 630. The topological polar surface area (TPSA) is 64.3 Å². The van der Waals surface area contributed by atoms with Gasteiger partial charge in [0.1, 0.15) is 6.33 Å². The standard InChI is InChI=1S/C16H25N5O/c1-12(2)13-8-14(15-19-18-11-21(15)20-13)17-9-16(10-22-3)6-4-5-7-16/h8,11-12,17H,4-7,9-10H2,1-3H3. The molecule has 0 amide bonds. The number of methoxy groups -OCH3 is 1. The zero-order valence-corrected chi connectivity index (χ0v) is 13.7. The first-order valence-electron chi connectivity index (χ1n) is 8.07. The summed E-state index contributed by atoms with van der Waals surface area (Å²) in [7, 11) is 1.79. The fourth-order valence-electron chi connectivity index (χ4n) is 3.34. The molecular weight excluding hydrogens is 278 g/mol. The molecule has 0 bridgehead atoms. The average molecular weight is 303 g/mol. The van der Waals surface area contributed by atoms with Crippen molar-refractivity contribution >= 4 is 11.3 Å². The van der Waals surface area contributed by atoms with E-state index in [4.69, 9.17) is 4.74 Å². The number of hydrogen-bond acceptors (Lipinski definition) is 5. The molecule has 120 valence electrons. The first kappa shape index (κ1) is 15.2. The van der Waals surface area contributed by atoms with Crippen molar-refractivity contribution in [3.05, 3.63) is 18.1 Å². The monoisotopic (exact) mass is 303 g/mol. The Morgan fingerprint density at radius 2 is 2.14 bits per heavy atom. The van der Waals surface area contributed by atoms with Crippen molar-refractivity contribution in [1.29, 1.82) is 0 Å². The van der Waals surface area contributed by atoms with Crippen LogP contribution >= 0.6 is 0 Å². The fourth-order valence-corrected chi connectivity index (χ4v) is 3.34. The van der Waals surface area contributed by atoms with E-state index in [0.717, 1.165) is 30.2 Å². The van der Waals surface area contributed by atoms with Crippen molar-refractivity contribution in [3.63, 3.8) is 0 Å². The highest BCUT2D eigenvalue weighted by atomic mass is 16.5. The number of ether oxygens (including phenoxy) is 1. The van der Waals surface area contributed by atoms with Crippen LogP contribution in [0.3, 0.4) is 0 Å². The first-order valence-corrected chi connectivity index (χ1v) is 8.07. The molecule has 0 unspecified atom stereocenters. The summed E-state index contributed by atoms with van der Waals surface area (Å²) < 4.78 is 7.23. The summed E-state index contributed by atoms with van der Waals surface area (Å²) >= 11 is 0. The number of anilines is 1. The molecule has 1 saturated carbocycles. The van der Waals surface area contributed by atoms with Gasteiger partial charge in [0.25, 0.3) is 0 Å². The summed E-state index contributed by atoms with van der Waals surface area (Å²) in [5.41, 5.74) is 3.09. The number of fused-ring (bicyclic) bond motifs is 1. The molecule has 22 heavy (non-hydrogen) atoms. The summed E-state index contributed by atoms with van der Waals surface area (Å²) in [6.45, 7) is 6.01. The lowest BCUT2D eigenvalue weighted by atomic mass is 9.87. The molecule has 0 atom stereocenters. The lowest BCUT2D eigenvalue weighted by Crippen LogP contribution is -2.31. The fraction of sp³-hybridized carbons (Fsp3) is 0.688. The Balaban J connectivity index is 1.85. The predicted octanol–water partition coefficient (Wildman–Crippen LogP) is 2.87. The summed E-state index contributed by atoms with van der Waals surface area (Å²) in [6.07, 6.45) is 6.68. The van der Waals surface area contributed by atoms with Gasteiger partial charge in [-0.15, -0.1) is 10.2 Å². The van der Waals surface area contributed by atoms with Crippen LogP contribution in [0.4, 0.5) is 5.69 Å². The van der Waals surface area contributed by atoms with Crippen LogP contribution in [-0.2, 0) is 4.74 Å². The van der Waals surface area contributed by atoms with Crippen molar-refractivity contribution in [2.24, 2.45) is 5.41 Å². The third kappa shape index (κ3) is 2.92. The molecule has 0 aromatic carbocycles. The number of rotatable bonds is 6. The Morgan fingerprint density at radius 3 is 2.82 bits per heavy atom. The highest BCUT2D eigenvalue weighted by Gasteiger charge is 2.33. The lowest BCUT2D eigenvalue weighted by molar-refractivity contribution is 0.0923. The molecule has 6 heteroatoms. The highest BCUT2D eigenvalue weighted by Crippen LogP contribution is 2.38. The van der Waals surface area contributed by atoms with Gasteiger partial charge in [-0.05, 0) is 24.8 Å². The first-order chi connectivity index (χ1) is 10.6. The molecule has 0 aliphatic heterocycles. The smallest absolute Gasteiger partial charge is 0.200 e. The molecule has 1 aliphatic carbocycles. The van der Waals surface area contributed by atoms with Gasteiger partial charge >= 0.3 is 0 Å². The van der Waals surface area contributed by atoms with Gasteiger partial charge in [-0.25, -0.2) is 0 Å². The number of hydrogen-bond donors (Lipinski definition) is 1. The molecule has 6 nitrogen and oxygen atoms in total. The largest absolute Gasteiger partial charge is 0.384 e. The summed E-state index contributed by atoms with van der Waals surface area (Å²) in [4.78, 5) is 0. The molecule has 0 radical (unpaired) electrons. The minimum Gasteiger partial charge on any atom is -0.384 e. The normalized spacial score (nSPS) is 17.5. The highest BCUT2D eigenvalue weighted by molar-refractivity contribution is 5.66. The van der Waals surface area contributed by atoms with Crippen LogP contribution < -0.4 is 5.32 Å². The minimum atomic E-state index is 0.243. The molecule has 2 aromatic heterocycles. The van der Waals surface area contributed by atoms with Crippen LogP contribution in [0.25, 0.3) is 5.65 Å². The van der Waals surface area contributed by atoms with Crippen molar-refractivity contribution in [2.45, 2.75) is 45.4 Å². The Morgan fingerprint density at radius 1 is 1.36 bits per heavy atom. The number of nitrogens with zero attached hydrogens (tertiary/aromatic N) is 4. The molecule has 1 fully saturated rings. The zero-order valence-electron chi connectivity index (χ0n) is 13.7. The van der Waals surface area contributed by atoms with E-state index in [-0.39, 0.29) is 5.41 Å². The third-order valence-corrected chi connectivity index (χ3v) is 4.65. The van der Waals surface area contributed by atoms with Crippen molar-refractivity contribution in [2.75, 3.05) is 25.6 Å². The number of aromatic nitrogens is 4. The second-order valence-corrected chi connectivity index (χ2v) is 6.73. The van der Waals surface area contributed by atoms with Crippen LogP contribution in [0.1, 0.15) is 51.1 Å². The second kappa shape index (κ2) is 6.20. The summed E-state index contributed by atoms with van der Waals surface area (Å²) in [6, 6.07) is 2.10. The van der Waals surface area contributed by atoms with Gasteiger partial charge in [-0.2, -0.15) is 9.61 Å². The van der Waals surface area contributed by atoms with Crippen LogP contribution in [0.5, 0.6) is 0 Å². The SMILES string of the molecule is COCC1(CNc2cc(C(C)C)nn3cnnc23)CCCC1. The molecule has 1 N–H and O–H groups in total. The average Bonchev–Trinajstić information content (AvgIpc) is 3.14. The van der Waals surface area contributed by atoms with E-state index >= 15 is 0 Å². The molecule has 1 aliphatic rings.